The van der Waals surface area contributed by atoms with Gasteiger partial charge in [0, 0.05) is 17.8 Å². The molecule has 1 aliphatic heterocycles. The molecule has 1 heterocycles. The molecule has 1 aromatic rings. The number of carbonyl (C=O) groups excluding carboxylic acids is 1. The van der Waals surface area contributed by atoms with Gasteiger partial charge in [0.15, 0.2) is 5.78 Å². The zero-order valence-electron chi connectivity index (χ0n) is 11.4. The molecule has 2 rings (SSSR count). The lowest BCUT2D eigenvalue weighted by Gasteiger charge is -2.37. The van der Waals surface area contributed by atoms with Gasteiger partial charge in [0.1, 0.15) is 5.82 Å². The number of anilines is 1. The van der Waals surface area contributed by atoms with Gasteiger partial charge in [-0.1, -0.05) is 0 Å². The average Bonchev–Trinajstić information content (AvgIpc) is 2.41. The van der Waals surface area contributed by atoms with Crippen molar-refractivity contribution < 1.29 is 14.3 Å². The molecule has 0 aromatic heterocycles. The molecule has 1 atom stereocenters. The van der Waals surface area contributed by atoms with E-state index in [2.05, 4.69) is 0 Å². The number of nitrogens with zero attached hydrogens (tertiary/aromatic N) is 1. The number of aryl methyl sites for hydroxylation is 1. The molecule has 0 bridgehead atoms. The van der Waals surface area contributed by atoms with E-state index in [0.29, 0.717) is 11.1 Å². The van der Waals surface area contributed by atoms with E-state index < -0.39 is 0 Å². The number of rotatable bonds is 3. The monoisotopic (exact) mass is 265 g/mol. The van der Waals surface area contributed by atoms with Crippen LogP contribution in [0.15, 0.2) is 12.1 Å². The summed E-state index contributed by atoms with van der Waals surface area (Å²) in [6.07, 6.45) is 3.02. The molecule has 0 saturated carbocycles. The molecule has 0 spiro atoms. The van der Waals surface area contributed by atoms with Gasteiger partial charge >= 0.3 is 0 Å². The lowest BCUT2D eigenvalue weighted by Crippen LogP contribution is -2.42. The number of benzene rings is 1. The Morgan fingerprint density at radius 2 is 2.21 bits per heavy atom. The highest BCUT2D eigenvalue weighted by molar-refractivity contribution is 6.00. The standard InChI is InChI=1S/C15H20FNO2/c1-10-7-15(13(11(2)19)8-14(10)16)17-6-4-3-5-12(17)9-18/h7-8,12,18H,3-6,9H2,1-2H3. The Bertz CT molecular complexity index is 487. The van der Waals surface area contributed by atoms with Gasteiger partial charge in [-0.15, -0.1) is 0 Å². The van der Waals surface area contributed by atoms with E-state index in [1.807, 2.05) is 4.90 Å². The lowest BCUT2D eigenvalue weighted by atomic mass is 9.98. The van der Waals surface area contributed by atoms with E-state index in [4.69, 9.17) is 0 Å². The average molecular weight is 265 g/mol. The Labute approximate surface area is 113 Å². The number of aliphatic hydroxyl groups excluding tert-OH is 1. The first-order chi connectivity index (χ1) is 9.04. The normalized spacial score (nSPS) is 19.6. The first-order valence-electron chi connectivity index (χ1n) is 6.73. The molecule has 4 heteroatoms. The van der Waals surface area contributed by atoms with E-state index >= 15 is 0 Å². The summed E-state index contributed by atoms with van der Waals surface area (Å²) in [7, 11) is 0. The van der Waals surface area contributed by atoms with E-state index in [0.717, 1.165) is 31.5 Å². The van der Waals surface area contributed by atoms with Crippen LogP contribution in [-0.4, -0.2) is 30.1 Å². The van der Waals surface area contributed by atoms with Gasteiger partial charge in [-0.2, -0.15) is 0 Å². The molecule has 19 heavy (non-hydrogen) atoms. The van der Waals surface area contributed by atoms with Crippen molar-refractivity contribution >= 4 is 11.5 Å². The van der Waals surface area contributed by atoms with Crippen molar-refractivity contribution in [2.45, 2.75) is 39.2 Å². The fourth-order valence-corrected chi connectivity index (χ4v) is 2.69. The number of aliphatic hydroxyl groups is 1. The summed E-state index contributed by atoms with van der Waals surface area (Å²) in [6.45, 7) is 4.01. The molecular weight excluding hydrogens is 245 g/mol. The van der Waals surface area contributed by atoms with Crippen LogP contribution < -0.4 is 4.90 Å². The molecule has 1 fully saturated rings. The predicted octanol–water partition coefficient (Wildman–Crippen LogP) is 2.69. The molecule has 0 radical (unpaired) electrons. The van der Waals surface area contributed by atoms with Crippen molar-refractivity contribution in [1.82, 2.24) is 0 Å². The Balaban J connectivity index is 2.47. The van der Waals surface area contributed by atoms with Crippen LogP contribution in [0.1, 0.15) is 42.1 Å². The first-order valence-corrected chi connectivity index (χ1v) is 6.73. The Morgan fingerprint density at radius 3 is 2.84 bits per heavy atom. The quantitative estimate of drug-likeness (QED) is 0.854. The molecule has 1 unspecified atom stereocenters. The van der Waals surface area contributed by atoms with Crippen LogP contribution in [0, 0.1) is 12.7 Å². The van der Waals surface area contributed by atoms with Gasteiger partial charge in [-0.05, 0) is 50.8 Å². The number of ketones is 1. The van der Waals surface area contributed by atoms with Gasteiger partial charge in [0.2, 0.25) is 0 Å². The summed E-state index contributed by atoms with van der Waals surface area (Å²) in [4.78, 5) is 13.8. The molecule has 0 aliphatic carbocycles. The lowest BCUT2D eigenvalue weighted by molar-refractivity contribution is 0.101. The number of hydrogen-bond donors (Lipinski definition) is 1. The number of hydrogen-bond acceptors (Lipinski definition) is 3. The van der Waals surface area contributed by atoms with Gasteiger partial charge in [0.05, 0.1) is 12.6 Å². The summed E-state index contributed by atoms with van der Waals surface area (Å²) in [5, 5.41) is 9.48. The molecule has 104 valence electrons. The van der Waals surface area contributed by atoms with E-state index in [-0.39, 0.29) is 24.2 Å². The first kappa shape index (κ1) is 14.0. The minimum absolute atomic E-state index is 0.0247. The third-order valence-electron chi connectivity index (χ3n) is 3.80. The molecule has 0 amide bonds. The molecule has 1 saturated heterocycles. The van der Waals surface area contributed by atoms with E-state index in [1.54, 1.807) is 13.0 Å². The van der Waals surface area contributed by atoms with Crippen molar-refractivity contribution in [3.8, 4) is 0 Å². The second-order valence-corrected chi connectivity index (χ2v) is 5.20. The Kier molecular flexibility index (Phi) is 4.20. The summed E-state index contributed by atoms with van der Waals surface area (Å²) in [6, 6.07) is 3.06. The van der Waals surface area contributed by atoms with Gasteiger partial charge in [0.25, 0.3) is 0 Å². The number of halogens is 1. The van der Waals surface area contributed by atoms with Crippen molar-refractivity contribution in [3.63, 3.8) is 0 Å². The van der Waals surface area contributed by atoms with Crippen LogP contribution in [0.5, 0.6) is 0 Å². The van der Waals surface area contributed by atoms with Crippen molar-refractivity contribution in [2.24, 2.45) is 0 Å². The maximum atomic E-state index is 13.6. The largest absolute Gasteiger partial charge is 0.394 e. The third kappa shape index (κ3) is 2.78. The van der Waals surface area contributed by atoms with Crippen molar-refractivity contribution in [2.75, 3.05) is 18.1 Å². The summed E-state index contributed by atoms with van der Waals surface area (Å²) < 4.78 is 13.6. The van der Waals surface area contributed by atoms with Gasteiger partial charge in [-0.25, -0.2) is 4.39 Å². The number of piperidine rings is 1. The minimum atomic E-state index is -0.355. The maximum Gasteiger partial charge on any atom is 0.161 e. The molecule has 1 aromatic carbocycles. The van der Waals surface area contributed by atoms with Gasteiger partial charge < -0.3 is 10.0 Å². The van der Waals surface area contributed by atoms with Crippen LogP contribution in [0.3, 0.4) is 0 Å². The third-order valence-corrected chi connectivity index (χ3v) is 3.80. The topological polar surface area (TPSA) is 40.5 Å². The summed E-state index contributed by atoms with van der Waals surface area (Å²) in [5.74, 6) is -0.498. The summed E-state index contributed by atoms with van der Waals surface area (Å²) >= 11 is 0. The Hall–Kier alpha value is -1.42. The number of carbonyl (C=O) groups is 1. The highest BCUT2D eigenvalue weighted by Gasteiger charge is 2.25. The predicted molar refractivity (Wildman–Crippen MR) is 73.2 cm³/mol. The second-order valence-electron chi connectivity index (χ2n) is 5.20. The SMILES string of the molecule is CC(=O)c1cc(F)c(C)cc1N1CCCCC1CO. The van der Waals surface area contributed by atoms with E-state index in [1.165, 1.54) is 13.0 Å². The zero-order valence-corrected chi connectivity index (χ0v) is 11.4. The van der Waals surface area contributed by atoms with Crippen LogP contribution in [-0.2, 0) is 0 Å². The smallest absolute Gasteiger partial charge is 0.161 e. The highest BCUT2D eigenvalue weighted by atomic mass is 19.1. The zero-order chi connectivity index (χ0) is 14.0. The minimum Gasteiger partial charge on any atom is -0.394 e. The molecule has 1 N–H and O–H groups in total. The highest BCUT2D eigenvalue weighted by Crippen LogP contribution is 2.30. The molecular formula is C15H20FNO2. The van der Waals surface area contributed by atoms with Crippen LogP contribution >= 0.6 is 0 Å². The van der Waals surface area contributed by atoms with Crippen molar-refractivity contribution in [1.29, 1.82) is 0 Å². The van der Waals surface area contributed by atoms with Gasteiger partial charge in [-0.3, -0.25) is 4.79 Å². The van der Waals surface area contributed by atoms with Crippen LogP contribution in [0.4, 0.5) is 10.1 Å². The Morgan fingerprint density at radius 1 is 1.47 bits per heavy atom. The maximum absolute atomic E-state index is 13.6. The number of Topliss-reactive ketones (excluding diaryl/α,β-unsaturated/α-hetero) is 1. The second kappa shape index (κ2) is 5.70. The fraction of sp³-hybridized carbons (Fsp3) is 0.533. The van der Waals surface area contributed by atoms with E-state index in [9.17, 15) is 14.3 Å². The van der Waals surface area contributed by atoms with Crippen LogP contribution in [0.2, 0.25) is 0 Å². The van der Waals surface area contributed by atoms with Crippen molar-refractivity contribution in [3.05, 3.63) is 29.1 Å². The molecule has 3 nitrogen and oxygen atoms in total. The van der Waals surface area contributed by atoms with Crippen LogP contribution in [0.25, 0.3) is 0 Å². The molecule has 1 aliphatic rings. The summed E-state index contributed by atoms with van der Waals surface area (Å²) in [5.41, 5.74) is 1.69. The fourth-order valence-electron chi connectivity index (χ4n) is 2.69.